The molecule has 0 spiro atoms. The number of fused-ring (bicyclic) bond motifs is 1. The van der Waals surface area contributed by atoms with E-state index in [1.54, 1.807) is 22.7 Å². The molecule has 0 N–H and O–H groups in total. The molecule has 0 unspecified atom stereocenters. The molecule has 0 aliphatic heterocycles. The number of nitrogens with zero attached hydrogens (tertiary/aromatic N) is 2. The van der Waals surface area contributed by atoms with Crippen molar-refractivity contribution in [2.45, 2.75) is 0 Å². The topological polar surface area (TPSA) is 25.8 Å². The molecule has 0 aliphatic rings. The van der Waals surface area contributed by atoms with Gasteiger partial charge in [0.05, 0.1) is 0 Å². The average molecular weight is 452 g/mol. The molecule has 108 valence electrons. The summed E-state index contributed by atoms with van der Waals surface area (Å²) in [4.78, 5) is 11.5. The predicted octanol–water partition coefficient (Wildman–Crippen LogP) is 6.61. The summed E-state index contributed by atoms with van der Waals surface area (Å²) in [6, 6.07) is 16.4. The lowest BCUT2D eigenvalue weighted by Gasteiger charge is -1.96. The monoisotopic (exact) mass is 450 g/mol. The van der Waals surface area contributed by atoms with Gasteiger partial charge in [0.1, 0.15) is 10.0 Å². The van der Waals surface area contributed by atoms with Gasteiger partial charge in [-0.25, -0.2) is 9.97 Å². The summed E-state index contributed by atoms with van der Waals surface area (Å²) in [5, 5.41) is 2.03. The van der Waals surface area contributed by atoms with Crippen LogP contribution in [-0.4, -0.2) is 9.97 Å². The summed E-state index contributed by atoms with van der Waals surface area (Å²) in [6.45, 7) is 0. The Hall–Kier alpha value is -1.08. The highest BCUT2D eigenvalue weighted by Crippen LogP contribution is 2.36. The highest BCUT2D eigenvalue weighted by atomic mass is 79.9. The normalized spacial score (nSPS) is 11.2. The fourth-order valence-electron chi connectivity index (χ4n) is 2.07. The lowest BCUT2D eigenvalue weighted by molar-refractivity contribution is 1.48. The molecular weight excluding hydrogens is 444 g/mol. The van der Waals surface area contributed by atoms with E-state index in [2.05, 4.69) is 56.1 Å². The van der Waals surface area contributed by atoms with E-state index < -0.39 is 0 Å². The molecular formula is C16H8Br2N2S2. The molecule has 0 amide bonds. The minimum absolute atomic E-state index is 1.00. The molecule has 2 nitrogen and oxygen atoms in total. The zero-order valence-electron chi connectivity index (χ0n) is 11.1. The molecule has 0 radical (unpaired) electrons. The van der Waals surface area contributed by atoms with Crippen LogP contribution in [0.5, 0.6) is 0 Å². The van der Waals surface area contributed by atoms with Crippen LogP contribution in [-0.2, 0) is 0 Å². The molecule has 22 heavy (non-hydrogen) atoms. The van der Waals surface area contributed by atoms with Gasteiger partial charge in [0.15, 0.2) is 9.66 Å². The Morgan fingerprint density at radius 2 is 0.955 bits per heavy atom. The minimum atomic E-state index is 1.00. The zero-order chi connectivity index (χ0) is 15.1. The van der Waals surface area contributed by atoms with E-state index in [0.29, 0.717) is 0 Å². The molecule has 4 aromatic rings. The van der Waals surface area contributed by atoms with Crippen molar-refractivity contribution in [3.05, 3.63) is 57.5 Å². The van der Waals surface area contributed by atoms with Crippen molar-refractivity contribution in [2.75, 3.05) is 0 Å². The molecule has 2 heterocycles. The van der Waals surface area contributed by atoms with Crippen molar-refractivity contribution in [3.8, 4) is 21.1 Å². The fraction of sp³-hybridized carbons (Fsp3) is 0. The van der Waals surface area contributed by atoms with E-state index >= 15 is 0 Å². The molecule has 0 atom stereocenters. The van der Waals surface area contributed by atoms with E-state index in [9.17, 15) is 0 Å². The number of hydrogen-bond donors (Lipinski definition) is 0. The summed E-state index contributed by atoms with van der Waals surface area (Å²) in [7, 11) is 0. The van der Waals surface area contributed by atoms with Gasteiger partial charge in [-0.2, -0.15) is 0 Å². The first kappa shape index (κ1) is 14.5. The predicted molar refractivity (Wildman–Crippen MR) is 102 cm³/mol. The molecule has 0 saturated heterocycles. The third-order valence-corrected chi connectivity index (χ3v) is 6.34. The first-order valence-corrected chi connectivity index (χ1v) is 9.70. The van der Waals surface area contributed by atoms with E-state index in [1.807, 2.05) is 24.3 Å². The van der Waals surface area contributed by atoms with Crippen LogP contribution < -0.4 is 0 Å². The number of aromatic nitrogens is 2. The van der Waals surface area contributed by atoms with Crippen LogP contribution in [0.25, 0.3) is 30.8 Å². The van der Waals surface area contributed by atoms with Crippen molar-refractivity contribution < 1.29 is 0 Å². The van der Waals surface area contributed by atoms with Gasteiger partial charge in [0, 0.05) is 20.1 Å². The number of hydrogen-bond acceptors (Lipinski definition) is 4. The van der Waals surface area contributed by atoms with E-state index in [-0.39, 0.29) is 0 Å². The Labute approximate surface area is 152 Å². The Morgan fingerprint density at radius 3 is 1.32 bits per heavy atom. The van der Waals surface area contributed by atoms with Crippen molar-refractivity contribution in [3.63, 3.8) is 0 Å². The third kappa shape index (κ3) is 2.76. The Bertz CT molecular complexity index is 834. The number of rotatable bonds is 2. The molecule has 0 bridgehead atoms. The van der Waals surface area contributed by atoms with Gasteiger partial charge < -0.3 is 0 Å². The first-order valence-electron chi connectivity index (χ1n) is 6.48. The van der Waals surface area contributed by atoms with Gasteiger partial charge >= 0.3 is 0 Å². The second-order valence-corrected chi connectivity index (χ2v) is 8.45. The maximum Gasteiger partial charge on any atom is 0.155 e. The van der Waals surface area contributed by atoms with Gasteiger partial charge in [0.25, 0.3) is 0 Å². The van der Waals surface area contributed by atoms with E-state index in [4.69, 9.17) is 9.97 Å². The van der Waals surface area contributed by atoms with Crippen molar-refractivity contribution in [1.29, 1.82) is 0 Å². The molecule has 2 aromatic heterocycles. The SMILES string of the molecule is Brc1ccc(-c2nc3sc(-c4ccc(Br)cc4)nc3s2)cc1. The highest BCUT2D eigenvalue weighted by Gasteiger charge is 2.12. The lowest BCUT2D eigenvalue weighted by atomic mass is 10.2. The number of halogens is 2. The summed E-state index contributed by atoms with van der Waals surface area (Å²) >= 11 is 10.2. The standard InChI is InChI=1S/C16H8Br2N2S2/c17-11-5-1-9(2-6-11)13-19-15-16(21-13)20-14(22-15)10-3-7-12(18)8-4-10/h1-8H. The Balaban J connectivity index is 1.73. The van der Waals surface area contributed by atoms with Crippen LogP contribution in [0.15, 0.2) is 57.5 Å². The minimum Gasteiger partial charge on any atom is -0.223 e. The van der Waals surface area contributed by atoms with Crippen LogP contribution in [0, 0.1) is 0 Å². The van der Waals surface area contributed by atoms with E-state index in [1.165, 1.54) is 0 Å². The summed E-state index contributed by atoms with van der Waals surface area (Å²) in [6.07, 6.45) is 0. The summed E-state index contributed by atoms with van der Waals surface area (Å²) in [5.41, 5.74) is 2.26. The molecule has 2 aromatic carbocycles. The van der Waals surface area contributed by atoms with Gasteiger partial charge in [0.2, 0.25) is 0 Å². The molecule has 6 heteroatoms. The average Bonchev–Trinajstić information content (AvgIpc) is 3.07. The zero-order valence-corrected chi connectivity index (χ0v) is 15.9. The number of benzene rings is 2. The van der Waals surface area contributed by atoms with Crippen LogP contribution in [0.2, 0.25) is 0 Å². The van der Waals surface area contributed by atoms with Gasteiger partial charge in [-0.05, 0) is 24.3 Å². The van der Waals surface area contributed by atoms with Gasteiger partial charge in [-0.3, -0.25) is 0 Å². The Morgan fingerprint density at radius 1 is 0.591 bits per heavy atom. The lowest BCUT2D eigenvalue weighted by Crippen LogP contribution is -1.75. The Kier molecular flexibility index (Phi) is 3.86. The van der Waals surface area contributed by atoms with Crippen LogP contribution >= 0.6 is 54.5 Å². The molecule has 0 fully saturated rings. The summed E-state index contributed by atoms with van der Waals surface area (Å²) in [5.74, 6) is 0. The fourth-order valence-corrected chi connectivity index (χ4v) is 4.66. The van der Waals surface area contributed by atoms with Crippen molar-refractivity contribution in [1.82, 2.24) is 9.97 Å². The van der Waals surface area contributed by atoms with Crippen LogP contribution in [0.4, 0.5) is 0 Å². The quantitative estimate of drug-likeness (QED) is 0.342. The van der Waals surface area contributed by atoms with Crippen LogP contribution in [0.3, 0.4) is 0 Å². The maximum absolute atomic E-state index is 4.73. The van der Waals surface area contributed by atoms with Crippen LogP contribution in [0.1, 0.15) is 0 Å². The smallest absolute Gasteiger partial charge is 0.155 e. The second kappa shape index (κ2) is 5.85. The van der Waals surface area contributed by atoms with Crippen molar-refractivity contribution >= 4 is 64.2 Å². The third-order valence-electron chi connectivity index (χ3n) is 3.16. The highest BCUT2D eigenvalue weighted by molar-refractivity contribution is 9.10. The molecule has 0 aliphatic carbocycles. The maximum atomic E-state index is 4.73. The number of thiazole rings is 2. The van der Waals surface area contributed by atoms with Gasteiger partial charge in [-0.1, -0.05) is 78.8 Å². The van der Waals surface area contributed by atoms with Crippen molar-refractivity contribution in [2.24, 2.45) is 0 Å². The molecule has 4 rings (SSSR count). The van der Waals surface area contributed by atoms with E-state index in [0.717, 1.165) is 39.7 Å². The molecule has 0 saturated carbocycles. The largest absolute Gasteiger partial charge is 0.223 e. The summed E-state index contributed by atoms with van der Waals surface area (Å²) < 4.78 is 2.15. The second-order valence-electron chi connectivity index (χ2n) is 4.66. The first-order chi connectivity index (χ1) is 10.7. The van der Waals surface area contributed by atoms with Gasteiger partial charge in [-0.15, -0.1) is 0 Å².